The van der Waals surface area contributed by atoms with Crippen LogP contribution in [0, 0.1) is 17.2 Å². The van der Waals surface area contributed by atoms with Crippen molar-refractivity contribution in [3.8, 4) is 6.07 Å². The fraction of sp³-hybridized carbons (Fsp3) is 0.500. The summed E-state index contributed by atoms with van der Waals surface area (Å²) in [4.78, 5) is -0.477. The van der Waals surface area contributed by atoms with E-state index in [-0.39, 0.29) is 19.0 Å². The molecule has 0 radical (unpaired) electrons. The minimum atomic E-state index is -4.66. The molecule has 5 nitrogen and oxygen atoms in total. The molecule has 1 aliphatic rings. The topological polar surface area (TPSA) is 81.4 Å². The third-order valence-corrected chi connectivity index (χ3v) is 5.85. The van der Waals surface area contributed by atoms with Gasteiger partial charge in [-0.1, -0.05) is 6.92 Å². The zero-order valence-corrected chi connectivity index (χ0v) is 13.0. The number of β-amino-alcohol motifs (C(OH)–C–C–N with tert-alkyl or cyclic N) is 1. The van der Waals surface area contributed by atoms with Gasteiger partial charge in [-0.25, -0.2) is 8.42 Å². The maximum Gasteiger partial charge on any atom is 0.416 e. The van der Waals surface area contributed by atoms with Crippen molar-refractivity contribution in [1.82, 2.24) is 4.31 Å². The van der Waals surface area contributed by atoms with Crippen molar-refractivity contribution in [3.63, 3.8) is 0 Å². The first kappa shape index (κ1) is 17.7. The number of aliphatic hydroxyl groups is 1. The minimum Gasteiger partial charge on any atom is -0.391 e. The van der Waals surface area contributed by atoms with Crippen LogP contribution in [0.5, 0.6) is 0 Å². The van der Waals surface area contributed by atoms with Crippen LogP contribution in [-0.4, -0.2) is 37.0 Å². The molecule has 1 heterocycles. The fourth-order valence-electron chi connectivity index (χ4n) is 2.40. The van der Waals surface area contributed by atoms with Gasteiger partial charge in [-0.2, -0.15) is 22.7 Å². The fourth-order valence-corrected chi connectivity index (χ4v) is 3.99. The number of rotatable bonds is 2. The van der Waals surface area contributed by atoms with Crippen molar-refractivity contribution < 1.29 is 26.7 Å². The zero-order chi connectivity index (χ0) is 17.4. The van der Waals surface area contributed by atoms with Crippen LogP contribution in [0.25, 0.3) is 0 Å². The predicted molar refractivity (Wildman–Crippen MR) is 74.7 cm³/mol. The molecule has 1 aromatic rings. The molecule has 0 amide bonds. The number of nitrogens with zero attached hydrogens (tertiary/aromatic N) is 2. The molecule has 0 aliphatic carbocycles. The molecule has 2 atom stereocenters. The molecule has 1 aliphatic heterocycles. The van der Waals surface area contributed by atoms with Crippen molar-refractivity contribution in [3.05, 3.63) is 29.3 Å². The lowest BCUT2D eigenvalue weighted by Crippen LogP contribution is -2.45. The van der Waals surface area contributed by atoms with E-state index in [4.69, 9.17) is 5.26 Å². The number of halogens is 3. The summed E-state index contributed by atoms with van der Waals surface area (Å²) >= 11 is 0. The summed E-state index contributed by atoms with van der Waals surface area (Å²) in [6.45, 7) is 1.79. The molecule has 2 unspecified atom stereocenters. The smallest absolute Gasteiger partial charge is 0.391 e. The van der Waals surface area contributed by atoms with E-state index in [0.29, 0.717) is 18.6 Å². The molecule has 126 valence electrons. The number of piperidine rings is 1. The molecule has 0 spiro atoms. The molecular weight excluding hydrogens is 333 g/mol. The molecular formula is C14H15F3N2O3S. The average molecular weight is 348 g/mol. The summed E-state index contributed by atoms with van der Waals surface area (Å²) in [5.74, 6) is -0.0653. The van der Waals surface area contributed by atoms with Crippen molar-refractivity contribution in [1.29, 1.82) is 5.26 Å². The van der Waals surface area contributed by atoms with Gasteiger partial charge >= 0.3 is 6.18 Å². The Balaban J connectivity index is 2.43. The summed E-state index contributed by atoms with van der Waals surface area (Å²) in [7, 11) is -4.14. The van der Waals surface area contributed by atoms with Gasteiger partial charge in [0.1, 0.15) is 6.07 Å². The van der Waals surface area contributed by atoms with E-state index in [1.165, 1.54) is 6.07 Å². The first-order valence-corrected chi connectivity index (χ1v) is 8.31. The van der Waals surface area contributed by atoms with E-state index in [1.807, 2.05) is 0 Å². The van der Waals surface area contributed by atoms with Gasteiger partial charge in [0.15, 0.2) is 0 Å². The van der Waals surface area contributed by atoms with E-state index in [1.54, 1.807) is 6.92 Å². The molecule has 0 bridgehead atoms. The van der Waals surface area contributed by atoms with E-state index >= 15 is 0 Å². The lowest BCUT2D eigenvalue weighted by Gasteiger charge is -2.33. The third-order valence-electron chi connectivity index (χ3n) is 3.93. The monoisotopic (exact) mass is 348 g/mol. The van der Waals surface area contributed by atoms with Gasteiger partial charge in [-0.15, -0.1) is 0 Å². The molecule has 0 aromatic heterocycles. The summed E-state index contributed by atoms with van der Waals surface area (Å²) in [6, 6.07) is 3.46. The number of alkyl halides is 3. The zero-order valence-electron chi connectivity index (χ0n) is 12.2. The second-order valence-corrected chi connectivity index (χ2v) is 7.42. The molecule has 1 N–H and O–H groups in total. The Morgan fingerprint density at radius 2 is 2.04 bits per heavy atom. The van der Waals surface area contributed by atoms with Gasteiger partial charge in [0.25, 0.3) is 0 Å². The van der Waals surface area contributed by atoms with Gasteiger partial charge in [0.05, 0.1) is 22.1 Å². The number of benzene rings is 1. The Morgan fingerprint density at radius 3 is 2.57 bits per heavy atom. The number of hydrogen-bond donors (Lipinski definition) is 1. The van der Waals surface area contributed by atoms with Crippen LogP contribution in [0.2, 0.25) is 0 Å². The van der Waals surface area contributed by atoms with E-state index < -0.39 is 38.3 Å². The maximum atomic E-state index is 12.7. The predicted octanol–water partition coefficient (Wildman–Crippen LogP) is 1.97. The van der Waals surface area contributed by atoms with Crippen LogP contribution in [0.4, 0.5) is 13.2 Å². The highest BCUT2D eigenvalue weighted by molar-refractivity contribution is 7.89. The Hall–Kier alpha value is -1.63. The highest BCUT2D eigenvalue weighted by Gasteiger charge is 2.36. The van der Waals surface area contributed by atoms with E-state index in [9.17, 15) is 26.7 Å². The second kappa shape index (κ2) is 6.11. The number of aliphatic hydroxyl groups excluding tert-OH is 1. The average Bonchev–Trinajstić information content (AvgIpc) is 2.48. The van der Waals surface area contributed by atoms with Crippen LogP contribution in [0.1, 0.15) is 24.5 Å². The molecule has 9 heteroatoms. The van der Waals surface area contributed by atoms with Gasteiger partial charge in [0.2, 0.25) is 10.0 Å². The van der Waals surface area contributed by atoms with Gasteiger partial charge < -0.3 is 5.11 Å². The summed E-state index contributed by atoms with van der Waals surface area (Å²) in [6.07, 6.45) is -5.08. The van der Waals surface area contributed by atoms with Crippen LogP contribution >= 0.6 is 0 Å². The summed E-state index contributed by atoms with van der Waals surface area (Å²) in [5, 5.41) is 18.8. The van der Waals surface area contributed by atoms with Gasteiger partial charge in [0, 0.05) is 13.1 Å². The maximum absolute atomic E-state index is 12.7. The molecule has 1 fully saturated rings. The van der Waals surface area contributed by atoms with Crippen molar-refractivity contribution >= 4 is 10.0 Å². The summed E-state index contributed by atoms with van der Waals surface area (Å²) in [5.41, 5.74) is -1.65. The highest BCUT2D eigenvalue weighted by Crippen LogP contribution is 2.33. The number of hydrogen-bond acceptors (Lipinski definition) is 4. The second-order valence-electron chi connectivity index (χ2n) is 5.52. The lowest BCUT2D eigenvalue weighted by molar-refractivity contribution is -0.137. The van der Waals surface area contributed by atoms with Crippen LogP contribution < -0.4 is 0 Å². The number of nitriles is 1. The standard InChI is InChI=1S/C14H15F3N2O3S/c1-9-4-5-19(8-12(9)20)23(21,22)13-3-2-11(14(15,16)17)6-10(13)7-18/h2-3,6,9,12,20H,4-5,8H2,1H3. The highest BCUT2D eigenvalue weighted by atomic mass is 32.2. The first-order chi connectivity index (χ1) is 10.6. The minimum absolute atomic E-state index is 0.0653. The Kier molecular flexibility index (Phi) is 4.71. The van der Waals surface area contributed by atoms with Crippen molar-refractivity contribution in [2.75, 3.05) is 13.1 Å². The molecule has 1 saturated heterocycles. The lowest BCUT2D eigenvalue weighted by atomic mass is 9.98. The van der Waals surface area contributed by atoms with Crippen molar-refractivity contribution in [2.45, 2.75) is 30.5 Å². The van der Waals surface area contributed by atoms with Gasteiger partial charge in [-0.3, -0.25) is 0 Å². The van der Waals surface area contributed by atoms with Crippen LogP contribution in [-0.2, 0) is 16.2 Å². The quantitative estimate of drug-likeness (QED) is 0.886. The Morgan fingerprint density at radius 1 is 1.39 bits per heavy atom. The molecule has 0 saturated carbocycles. The Labute approximate surface area is 132 Å². The SMILES string of the molecule is CC1CCN(S(=O)(=O)c2ccc(C(F)(F)F)cc2C#N)CC1O. The number of sulfonamides is 1. The van der Waals surface area contributed by atoms with Crippen LogP contribution in [0.15, 0.2) is 23.1 Å². The first-order valence-electron chi connectivity index (χ1n) is 6.87. The molecule has 1 aromatic carbocycles. The van der Waals surface area contributed by atoms with Crippen molar-refractivity contribution in [2.24, 2.45) is 5.92 Å². The van der Waals surface area contributed by atoms with E-state index in [0.717, 1.165) is 10.4 Å². The molecule has 2 rings (SSSR count). The van der Waals surface area contributed by atoms with E-state index in [2.05, 4.69) is 0 Å². The normalized spacial score (nSPS) is 23.5. The third kappa shape index (κ3) is 3.49. The molecule has 23 heavy (non-hydrogen) atoms. The van der Waals surface area contributed by atoms with Gasteiger partial charge in [-0.05, 0) is 30.5 Å². The summed E-state index contributed by atoms with van der Waals surface area (Å²) < 4.78 is 64.2. The largest absolute Gasteiger partial charge is 0.416 e. The van der Waals surface area contributed by atoms with Crippen LogP contribution in [0.3, 0.4) is 0 Å². The Bertz CT molecular complexity index is 741.